The Labute approximate surface area is 449 Å². The maximum Gasteiger partial charge on any atom is 0.220 e. The van der Waals surface area contributed by atoms with Gasteiger partial charge in [-0.2, -0.15) is 0 Å². The van der Waals surface area contributed by atoms with E-state index in [-0.39, 0.29) is 18.9 Å². The van der Waals surface area contributed by atoms with Crippen LogP contribution in [-0.4, -0.2) is 140 Å². The second-order valence-corrected chi connectivity index (χ2v) is 21.5. The summed E-state index contributed by atoms with van der Waals surface area (Å²) in [6.07, 6.45) is 40.1. The lowest BCUT2D eigenvalue weighted by atomic mass is 9.97. The summed E-state index contributed by atoms with van der Waals surface area (Å²) in [6, 6.07) is -0.908. The van der Waals surface area contributed by atoms with Gasteiger partial charge in [0.1, 0.15) is 48.8 Å². The molecule has 0 bridgehead atoms. The summed E-state index contributed by atoms with van der Waals surface area (Å²) in [4.78, 5) is 13.1. The number of unbranched alkanes of at least 4 members (excludes halogenated alkanes) is 31. The molecule has 12 atom stereocenters. The van der Waals surface area contributed by atoms with Gasteiger partial charge in [0.15, 0.2) is 12.6 Å². The number of hydrogen-bond donors (Lipinski definition) is 9. The summed E-state index contributed by atoms with van der Waals surface area (Å²) in [5.41, 5.74) is 0. The Morgan fingerprint density at radius 2 is 0.892 bits per heavy atom. The van der Waals surface area contributed by atoms with Crippen LogP contribution in [-0.2, 0) is 23.7 Å². The maximum absolute atomic E-state index is 13.1. The molecule has 2 heterocycles. The number of carbonyl (C=O) groups excluding carboxylic acids is 1. The van der Waals surface area contributed by atoms with E-state index in [0.717, 1.165) is 51.4 Å². The van der Waals surface area contributed by atoms with Crippen molar-refractivity contribution < 1.29 is 64.6 Å². The molecule has 0 aromatic rings. The number of ether oxygens (including phenoxy) is 4. The van der Waals surface area contributed by atoms with E-state index < -0.39 is 86.8 Å². The van der Waals surface area contributed by atoms with Crippen LogP contribution in [0.5, 0.6) is 0 Å². The van der Waals surface area contributed by atoms with E-state index in [0.29, 0.717) is 6.42 Å². The summed E-state index contributed by atoms with van der Waals surface area (Å²) in [5, 5.41) is 86.3. The van der Waals surface area contributed by atoms with Crippen LogP contribution in [0.15, 0.2) is 36.5 Å². The largest absolute Gasteiger partial charge is 0.394 e. The highest BCUT2D eigenvalue weighted by Crippen LogP contribution is 2.30. The van der Waals surface area contributed by atoms with Crippen molar-refractivity contribution in [1.29, 1.82) is 0 Å². The molecule has 9 N–H and O–H groups in total. The molecule has 12 unspecified atom stereocenters. The summed E-state index contributed by atoms with van der Waals surface area (Å²) < 4.78 is 22.6. The van der Waals surface area contributed by atoms with Gasteiger partial charge in [-0.15, -0.1) is 0 Å². The van der Waals surface area contributed by atoms with Crippen molar-refractivity contribution in [2.75, 3.05) is 19.8 Å². The quantitative estimate of drug-likeness (QED) is 0.0204. The summed E-state index contributed by atoms with van der Waals surface area (Å²) >= 11 is 0. The molecule has 0 aromatic carbocycles. The molecule has 14 heteroatoms. The average Bonchev–Trinajstić information content (AvgIpc) is 3.40. The third-order valence-electron chi connectivity index (χ3n) is 14.8. The van der Waals surface area contributed by atoms with Crippen molar-refractivity contribution in [3.8, 4) is 0 Å². The summed E-state index contributed by atoms with van der Waals surface area (Å²) in [7, 11) is 0. The zero-order chi connectivity index (χ0) is 53.9. The van der Waals surface area contributed by atoms with Gasteiger partial charge < -0.3 is 65.1 Å². The first-order valence-electron chi connectivity index (χ1n) is 30.2. The topological polar surface area (TPSA) is 228 Å². The number of amides is 1. The van der Waals surface area contributed by atoms with Gasteiger partial charge in [-0.05, 0) is 51.4 Å². The van der Waals surface area contributed by atoms with Gasteiger partial charge in [-0.1, -0.05) is 224 Å². The minimum atomic E-state index is -1.78. The molecule has 1 amide bonds. The average molecular weight is 1050 g/mol. The third kappa shape index (κ3) is 31.6. The van der Waals surface area contributed by atoms with E-state index in [1.165, 1.54) is 167 Å². The summed E-state index contributed by atoms with van der Waals surface area (Å²) in [6.45, 7) is 2.67. The smallest absolute Gasteiger partial charge is 0.220 e. The Balaban J connectivity index is 1.50. The van der Waals surface area contributed by atoms with E-state index in [2.05, 4.69) is 43.5 Å². The number of rotatable bonds is 48. The Bertz CT molecular complexity index is 1380. The molecule has 14 nitrogen and oxygen atoms in total. The fourth-order valence-corrected chi connectivity index (χ4v) is 9.91. The van der Waals surface area contributed by atoms with E-state index in [9.17, 15) is 45.6 Å². The molecule has 2 aliphatic rings. The number of nitrogens with one attached hydrogen (secondary N) is 1. The second kappa shape index (κ2) is 46.2. The lowest BCUT2D eigenvalue weighted by Gasteiger charge is -2.46. The van der Waals surface area contributed by atoms with Crippen LogP contribution in [0.25, 0.3) is 0 Å². The highest BCUT2D eigenvalue weighted by atomic mass is 16.7. The summed E-state index contributed by atoms with van der Waals surface area (Å²) in [5.74, 6) is -0.244. The van der Waals surface area contributed by atoms with Crippen molar-refractivity contribution in [3.63, 3.8) is 0 Å². The monoisotopic (exact) mass is 1050 g/mol. The molecule has 0 saturated carbocycles. The van der Waals surface area contributed by atoms with Gasteiger partial charge in [-0.3, -0.25) is 4.79 Å². The minimum absolute atomic E-state index is 0.244. The Kier molecular flexibility index (Phi) is 42.6. The van der Waals surface area contributed by atoms with Gasteiger partial charge in [0.05, 0.1) is 32.0 Å². The number of aliphatic hydroxyl groups excluding tert-OH is 8. The highest BCUT2D eigenvalue weighted by Gasteiger charge is 2.51. The molecule has 0 aliphatic carbocycles. The zero-order valence-corrected chi connectivity index (χ0v) is 46.6. The first-order chi connectivity index (χ1) is 36.1. The molecule has 0 aromatic heterocycles. The van der Waals surface area contributed by atoms with E-state index in [4.69, 9.17) is 18.9 Å². The predicted octanol–water partition coefficient (Wildman–Crippen LogP) is 10.2. The predicted molar refractivity (Wildman–Crippen MR) is 295 cm³/mol. The Hall–Kier alpha value is -1.79. The van der Waals surface area contributed by atoms with E-state index >= 15 is 0 Å². The first kappa shape index (κ1) is 68.3. The van der Waals surface area contributed by atoms with Gasteiger partial charge in [0.25, 0.3) is 0 Å². The van der Waals surface area contributed by atoms with Crippen molar-refractivity contribution in [1.82, 2.24) is 5.32 Å². The van der Waals surface area contributed by atoms with Crippen molar-refractivity contribution in [2.24, 2.45) is 0 Å². The first-order valence-corrected chi connectivity index (χ1v) is 30.2. The fraction of sp³-hybridized carbons (Fsp3) is 0.883. The van der Waals surface area contributed by atoms with E-state index in [1.807, 2.05) is 6.08 Å². The lowest BCUT2D eigenvalue weighted by Crippen LogP contribution is -2.65. The maximum atomic E-state index is 13.1. The second-order valence-electron chi connectivity index (χ2n) is 21.5. The molecule has 74 heavy (non-hydrogen) atoms. The van der Waals surface area contributed by atoms with Crippen LogP contribution in [0.4, 0.5) is 0 Å². The molecule has 0 spiro atoms. The standard InChI is InChI=1S/C60H111NO13/c1-3-5-7-9-10-11-12-13-14-15-16-17-18-19-20-21-22-23-24-25-26-27-28-29-30-31-32-33-34-35-36-37-38-40-42-44-52(65)61-48(49(64)43-41-39-8-6-4-2)47-71-59-57(70)55(68)58(51(46-63)73-59)74-60-56(69)54(67)53(66)50(45-62)72-60/h12-13,15-16,41,43,48-51,53-60,62-64,66-70H,3-11,14,17-40,42,44-47H2,1-2H3,(H,61,65)/b13-12-,16-15-,43-41+. The van der Waals surface area contributed by atoms with E-state index in [1.54, 1.807) is 6.08 Å². The number of aliphatic hydroxyl groups is 8. The molecular formula is C60H111NO13. The van der Waals surface area contributed by atoms with Gasteiger partial charge >= 0.3 is 0 Å². The van der Waals surface area contributed by atoms with Gasteiger partial charge in [0, 0.05) is 6.42 Å². The van der Waals surface area contributed by atoms with Crippen LogP contribution in [0.2, 0.25) is 0 Å². The van der Waals surface area contributed by atoms with Crippen molar-refractivity contribution in [2.45, 2.75) is 319 Å². The lowest BCUT2D eigenvalue weighted by molar-refractivity contribution is -0.359. The molecule has 434 valence electrons. The van der Waals surface area contributed by atoms with Crippen LogP contribution >= 0.6 is 0 Å². The zero-order valence-electron chi connectivity index (χ0n) is 46.6. The van der Waals surface area contributed by atoms with Gasteiger partial charge in [-0.25, -0.2) is 0 Å². The molecular weight excluding hydrogens is 943 g/mol. The Morgan fingerprint density at radius 3 is 1.38 bits per heavy atom. The number of carbonyl (C=O) groups is 1. The molecule has 2 fully saturated rings. The normalized spacial score (nSPS) is 25.4. The third-order valence-corrected chi connectivity index (χ3v) is 14.8. The van der Waals surface area contributed by atoms with Crippen LogP contribution in [0.3, 0.4) is 0 Å². The molecule has 2 rings (SSSR count). The van der Waals surface area contributed by atoms with Gasteiger partial charge in [0.2, 0.25) is 5.91 Å². The van der Waals surface area contributed by atoms with Crippen LogP contribution in [0, 0.1) is 0 Å². The van der Waals surface area contributed by atoms with Crippen molar-refractivity contribution in [3.05, 3.63) is 36.5 Å². The van der Waals surface area contributed by atoms with Crippen molar-refractivity contribution >= 4 is 5.91 Å². The van der Waals surface area contributed by atoms with Crippen LogP contribution in [0.1, 0.15) is 245 Å². The number of allylic oxidation sites excluding steroid dienone is 5. The highest BCUT2D eigenvalue weighted by molar-refractivity contribution is 5.76. The van der Waals surface area contributed by atoms with Crippen LogP contribution < -0.4 is 5.32 Å². The SMILES string of the molecule is CCCCC/C=C/C(O)C(COC1OC(CO)C(OC2OC(CO)C(O)C(O)C2O)C(O)C1O)NC(=O)CCCCCCCCCCCCCCCCCCCCCCCCC/C=C\C/C=C\CCCCCCC. The molecule has 0 radical (unpaired) electrons. The molecule has 2 aliphatic heterocycles. The minimum Gasteiger partial charge on any atom is -0.394 e. The Morgan fingerprint density at radius 1 is 0.486 bits per heavy atom. The number of hydrogen-bond acceptors (Lipinski definition) is 13. The fourth-order valence-electron chi connectivity index (χ4n) is 9.91. The molecule has 2 saturated heterocycles.